The number of nitrogens with one attached hydrogen (secondary N) is 2. The Morgan fingerprint density at radius 1 is 1.43 bits per heavy atom. The molecule has 0 spiro atoms. The lowest BCUT2D eigenvalue weighted by Crippen LogP contribution is -2.13. The van der Waals surface area contributed by atoms with Crippen LogP contribution in [0.25, 0.3) is 5.65 Å². The third kappa shape index (κ3) is 2.53. The van der Waals surface area contributed by atoms with Crippen molar-refractivity contribution in [2.24, 2.45) is 7.05 Å². The van der Waals surface area contributed by atoms with Crippen molar-refractivity contribution in [2.45, 2.75) is 6.92 Å². The van der Waals surface area contributed by atoms with E-state index in [4.69, 9.17) is 0 Å². The number of aryl methyl sites for hydroxylation is 1. The molecule has 1 amide bonds. The first-order chi connectivity index (χ1) is 10.2. The van der Waals surface area contributed by atoms with Crippen LogP contribution in [-0.2, 0) is 7.05 Å². The Hall–Kier alpha value is -2.97. The molecule has 3 heterocycles. The number of hydrogen-bond acceptors (Lipinski definition) is 6. The van der Waals surface area contributed by atoms with Crippen LogP contribution in [0.3, 0.4) is 0 Å². The van der Waals surface area contributed by atoms with Crippen LogP contribution in [0.2, 0.25) is 0 Å². The fourth-order valence-electron chi connectivity index (χ4n) is 1.90. The molecule has 9 nitrogen and oxygen atoms in total. The molecule has 0 saturated heterocycles. The van der Waals surface area contributed by atoms with Gasteiger partial charge in [0.25, 0.3) is 5.91 Å². The van der Waals surface area contributed by atoms with Crippen LogP contribution in [0.1, 0.15) is 17.4 Å². The molecule has 3 aromatic heterocycles. The van der Waals surface area contributed by atoms with E-state index >= 15 is 0 Å². The lowest BCUT2D eigenvalue weighted by Gasteiger charge is -2.02. The molecule has 21 heavy (non-hydrogen) atoms. The molecule has 0 unspecified atom stereocenters. The molecular formula is C12H14N8O. The van der Waals surface area contributed by atoms with E-state index in [0.29, 0.717) is 5.65 Å². The van der Waals surface area contributed by atoms with Crippen LogP contribution >= 0.6 is 0 Å². The van der Waals surface area contributed by atoms with Crippen LogP contribution in [0.4, 0.5) is 11.6 Å². The van der Waals surface area contributed by atoms with Crippen molar-refractivity contribution in [3.8, 4) is 0 Å². The van der Waals surface area contributed by atoms with Gasteiger partial charge in [0.15, 0.2) is 11.3 Å². The molecule has 0 bridgehead atoms. The molecule has 0 aromatic carbocycles. The second kappa shape index (κ2) is 5.19. The second-order valence-electron chi connectivity index (χ2n) is 4.39. The zero-order chi connectivity index (χ0) is 14.8. The third-order valence-corrected chi connectivity index (χ3v) is 2.79. The number of amides is 1. The van der Waals surface area contributed by atoms with Crippen molar-refractivity contribution < 1.29 is 4.79 Å². The zero-order valence-corrected chi connectivity index (χ0v) is 11.6. The van der Waals surface area contributed by atoms with Crippen LogP contribution < -0.4 is 10.6 Å². The van der Waals surface area contributed by atoms with Crippen molar-refractivity contribution in [1.29, 1.82) is 0 Å². The smallest absolute Gasteiger partial charge is 0.280 e. The summed E-state index contributed by atoms with van der Waals surface area (Å²) in [4.78, 5) is 16.3. The molecular weight excluding hydrogens is 272 g/mol. The number of pyridine rings is 1. The Morgan fingerprint density at radius 3 is 3.00 bits per heavy atom. The summed E-state index contributed by atoms with van der Waals surface area (Å²) >= 11 is 0. The van der Waals surface area contributed by atoms with Gasteiger partial charge in [0.05, 0.1) is 11.9 Å². The van der Waals surface area contributed by atoms with Crippen LogP contribution in [-0.4, -0.2) is 42.0 Å². The summed E-state index contributed by atoms with van der Waals surface area (Å²) in [5.74, 6) is -0.181. The fourth-order valence-corrected chi connectivity index (χ4v) is 1.90. The van der Waals surface area contributed by atoms with Gasteiger partial charge in [0, 0.05) is 19.8 Å². The molecule has 0 radical (unpaired) electrons. The average molecular weight is 286 g/mol. The van der Waals surface area contributed by atoms with Gasteiger partial charge in [-0.25, -0.2) is 4.52 Å². The molecule has 0 atom stereocenters. The van der Waals surface area contributed by atoms with Gasteiger partial charge in [-0.3, -0.25) is 14.8 Å². The van der Waals surface area contributed by atoms with Crippen LogP contribution in [0.5, 0.6) is 0 Å². The summed E-state index contributed by atoms with van der Waals surface area (Å²) in [7, 11) is 1.69. The van der Waals surface area contributed by atoms with Crippen molar-refractivity contribution >= 4 is 23.2 Å². The Balaban J connectivity index is 1.87. The maximum Gasteiger partial charge on any atom is 0.280 e. The molecule has 0 aliphatic carbocycles. The average Bonchev–Trinajstić information content (AvgIpc) is 3.05. The zero-order valence-electron chi connectivity index (χ0n) is 11.6. The highest BCUT2D eigenvalue weighted by Crippen LogP contribution is 2.16. The van der Waals surface area contributed by atoms with Crippen molar-refractivity contribution in [3.63, 3.8) is 0 Å². The first kappa shape index (κ1) is 13.0. The van der Waals surface area contributed by atoms with Gasteiger partial charge in [0.2, 0.25) is 5.95 Å². The number of fused-ring (bicyclic) bond motifs is 1. The van der Waals surface area contributed by atoms with Gasteiger partial charge < -0.3 is 5.32 Å². The monoisotopic (exact) mass is 286 g/mol. The fraction of sp³-hybridized carbons (Fsp3) is 0.250. The Labute approximate surface area is 120 Å². The molecule has 0 saturated carbocycles. The highest BCUT2D eigenvalue weighted by atomic mass is 16.2. The number of carbonyl (C=O) groups excluding carboxylic acids is 1. The highest BCUT2D eigenvalue weighted by molar-refractivity contribution is 6.01. The van der Waals surface area contributed by atoms with Crippen molar-refractivity contribution in [3.05, 3.63) is 30.2 Å². The standard InChI is InChI=1S/C12H14N8O/c1-3-13-8-5-4-6-20-10(8)14-12(17-20)15-11(21)9-7-19(2)18-16-9/h4-7,13H,3H2,1-2H3,(H,15,17,21). The summed E-state index contributed by atoms with van der Waals surface area (Å²) < 4.78 is 3.06. The molecule has 2 N–H and O–H groups in total. The van der Waals surface area contributed by atoms with E-state index in [2.05, 4.69) is 31.0 Å². The van der Waals surface area contributed by atoms with E-state index in [-0.39, 0.29) is 11.6 Å². The topological polar surface area (TPSA) is 102 Å². The van der Waals surface area contributed by atoms with Crippen molar-refractivity contribution in [2.75, 3.05) is 17.2 Å². The van der Waals surface area contributed by atoms with Gasteiger partial charge >= 0.3 is 0 Å². The Morgan fingerprint density at radius 2 is 2.29 bits per heavy atom. The number of anilines is 2. The number of aromatic nitrogens is 6. The van der Waals surface area contributed by atoms with Gasteiger partial charge in [-0.05, 0) is 19.1 Å². The van der Waals surface area contributed by atoms with Gasteiger partial charge in [-0.1, -0.05) is 5.21 Å². The SMILES string of the molecule is CCNc1cccn2nc(NC(=O)c3cn(C)nn3)nc12. The third-order valence-electron chi connectivity index (χ3n) is 2.79. The van der Waals surface area contributed by atoms with E-state index in [1.54, 1.807) is 17.8 Å². The molecule has 3 aromatic rings. The minimum atomic E-state index is -0.399. The normalized spacial score (nSPS) is 10.8. The van der Waals surface area contributed by atoms with Gasteiger partial charge in [-0.2, -0.15) is 4.98 Å². The first-order valence-corrected chi connectivity index (χ1v) is 6.44. The van der Waals surface area contributed by atoms with E-state index in [0.717, 1.165) is 12.2 Å². The van der Waals surface area contributed by atoms with Crippen LogP contribution in [0, 0.1) is 0 Å². The largest absolute Gasteiger partial charge is 0.382 e. The predicted octanol–water partition coefficient (Wildman–Crippen LogP) is 0.542. The lowest BCUT2D eigenvalue weighted by molar-refractivity contribution is 0.102. The number of nitrogens with zero attached hydrogens (tertiary/aromatic N) is 6. The van der Waals surface area contributed by atoms with E-state index in [1.807, 2.05) is 19.1 Å². The van der Waals surface area contributed by atoms with Crippen LogP contribution in [0.15, 0.2) is 24.5 Å². The van der Waals surface area contributed by atoms with Crippen molar-refractivity contribution in [1.82, 2.24) is 29.6 Å². The predicted molar refractivity (Wildman–Crippen MR) is 76.1 cm³/mol. The van der Waals surface area contributed by atoms with E-state index in [9.17, 15) is 4.79 Å². The molecule has 0 fully saturated rings. The second-order valence-corrected chi connectivity index (χ2v) is 4.39. The summed E-state index contributed by atoms with van der Waals surface area (Å²) in [6.07, 6.45) is 3.29. The van der Waals surface area contributed by atoms with E-state index < -0.39 is 5.91 Å². The summed E-state index contributed by atoms with van der Waals surface area (Å²) in [5.41, 5.74) is 1.71. The Kier molecular flexibility index (Phi) is 3.22. The molecule has 0 aliphatic heterocycles. The minimum Gasteiger partial charge on any atom is -0.382 e. The number of rotatable bonds is 4. The molecule has 3 rings (SSSR count). The summed E-state index contributed by atoms with van der Waals surface area (Å²) in [6, 6.07) is 3.76. The summed E-state index contributed by atoms with van der Waals surface area (Å²) in [5, 5.41) is 17.5. The Bertz CT molecular complexity index is 790. The molecule has 0 aliphatic rings. The van der Waals surface area contributed by atoms with E-state index in [1.165, 1.54) is 10.9 Å². The molecule has 9 heteroatoms. The number of hydrogen-bond donors (Lipinski definition) is 2. The molecule has 108 valence electrons. The first-order valence-electron chi connectivity index (χ1n) is 6.44. The van der Waals surface area contributed by atoms with Gasteiger partial charge in [0.1, 0.15) is 0 Å². The van der Waals surface area contributed by atoms with Gasteiger partial charge in [-0.15, -0.1) is 10.2 Å². The number of carbonyl (C=O) groups is 1. The minimum absolute atomic E-state index is 0.211. The lowest BCUT2D eigenvalue weighted by atomic mass is 10.4. The quantitative estimate of drug-likeness (QED) is 0.726. The maximum atomic E-state index is 12.0. The summed E-state index contributed by atoms with van der Waals surface area (Å²) in [6.45, 7) is 2.77. The maximum absolute atomic E-state index is 12.0. The highest BCUT2D eigenvalue weighted by Gasteiger charge is 2.14.